The van der Waals surface area contributed by atoms with E-state index in [1.807, 2.05) is 4.90 Å². The van der Waals surface area contributed by atoms with Crippen LogP contribution in [0.2, 0.25) is 0 Å². The molecule has 1 heterocycles. The number of carboxylic acids is 1. The molecule has 0 unspecified atom stereocenters. The molecule has 1 aromatic carbocycles. The Balaban J connectivity index is 1.66. The van der Waals surface area contributed by atoms with E-state index in [1.54, 1.807) is 36.4 Å². The molecule has 1 aromatic rings. The minimum atomic E-state index is -0.951. The summed E-state index contributed by atoms with van der Waals surface area (Å²) in [5.41, 5.74) is 1.06. The lowest BCUT2D eigenvalue weighted by atomic mass is 9.90. The Morgan fingerprint density at radius 1 is 1.17 bits per heavy atom. The number of aromatic carboxylic acids is 1. The van der Waals surface area contributed by atoms with Crippen molar-refractivity contribution in [2.75, 3.05) is 13.2 Å². The number of morpholine rings is 1. The highest BCUT2D eigenvalue weighted by molar-refractivity contribution is 5.92. The molecule has 1 saturated heterocycles. The van der Waals surface area contributed by atoms with Gasteiger partial charge in [0.15, 0.2) is 0 Å². The lowest BCUT2D eigenvalue weighted by molar-refractivity contribution is -0.144. The zero-order valence-corrected chi connectivity index (χ0v) is 13.0. The molecule has 2 fully saturated rings. The maximum Gasteiger partial charge on any atom is 0.335 e. The first-order valence-electron chi connectivity index (χ1n) is 8.09. The van der Waals surface area contributed by atoms with E-state index < -0.39 is 5.97 Å². The molecular formula is C18H21NO4. The van der Waals surface area contributed by atoms with Gasteiger partial charge in [-0.2, -0.15) is 0 Å². The minimum Gasteiger partial charge on any atom is -0.478 e. The quantitative estimate of drug-likeness (QED) is 0.871. The van der Waals surface area contributed by atoms with Crippen LogP contribution in [-0.4, -0.2) is 47.2 Å². The van der Waals surface area contributed by atoms with Gasteiger partial charge in [0.25, 0.3) is 0 Å². The second kappa shape index (κ2) is 6.96. The van der Waals surface area contributed by atoms with Gasteiger partial charge >= 0.3 is 5.97 Å². The molecule has 2 aliphatic rings. The lowest BCUT2D eigenvalue weighted by Gasteiger charge is -2.43. The van der Waals surface area contributed by atoms with E-state index in [-0.39, 0.29) is 23.6 Å². The van der Waals surface area contributed by atoms with Crippen LogP contribution in [0.4, 0.5) is 0 Å². The molecule has 23 heavy (non-hydrogen) atoms. The fourth-order valence-corrected chi connectivity index (χ4v) is 3.37. The van der Waals surface area contributed by atoms with E-state index in [0.717, 1.165) is 24.8 Å². The molecule has 1 aliphatic carbocycles. The highest BCUT2D eigenvalue weighted by Crippen LogP contribution is 2.28. The highest BCUT2D eigenvalue weighted by Gasteiger charge is 2.35. The number of amides is 1. The van der Waals surface area contributed by atoms with Crippen molar-refractivity contribution in [3.05, 3.63) is 41.5 Å². The maximum absolute atomic E-state index is 12.5. The maximum atomic E-state index is 12.5. The van der Waals surface area contributed by atoms with Crippen LogP contribution in [0.1, 0.15) is 41.6 Å². The molecule has 3 rings (SSSR count). The first kappa shape index (κ1) is 15.7. The molecule has 0 bridgehead atoms. The van der Waals surface area contributed by atoms with Crippen molar-refractivity contribution in [3.8, 4) is 0 Å². The number of carbonyl (C=O) groups is 2. The van der Waals surface area contributed by atoms with E-state index in [0.29, 0.717) is 13.2 Å². The number of carboxylic acid groups (broad SMARTS) is 1. The van der Waals surface area contributed by atoms with Crippen LogP contribution < -0.4 is 0 Å². The average molecular weight is 315 g/mol. The molecular weight excluding hydrogens is 294 g/mol. The van der Waals surface area contributed by atoms with Crippen LogP contribution in [0, 0.1) is 0 Å². The van der Waals surface area contributed by atoms with Crippen molar-refractivity contribution >= 4 is 18.0 Å². The zero-order chi connectivity index (χ0) is 16.2. The van der Waals surface area contributed by atoms with Gasteiger partial charge in [0, 0.05) is 12.6 Å². The van der Waals surface area contributed by atoms with Crippen molar-refractivity contribution in [2.45, 2.75) is 37.8 Å². The number of ether oxygens (including phenoxy) is 1. The fourth-order valence-electron chi connectivity index (χ4n) is 3.37. The summed E-state index contributed by atoms with van der Waals surface area (Å²) >= 11 is 0. The number of nitrogens with zero attached hydrogens (tertiary/aromatic N) is 1. The zero-order valence-electron chi connectivity index (χ0n) is 13.0. The SMILES string of the molecule is O=C(O)c1ccc(/C=C/C(=O)N2CCO[C@@H]3CCCC[C@@H]32)cc1. The first-order valence-corrected chi connectivity index (χ1v) is 8.09. The van der Waals surface area contributed by atoms with Gasteiger partial charge in [0.05, 0.1) is 24.3 Å². The first-order chi connectivity index (χ1) is 11.1. The van der Waals surface area contributed by atoms with Crippen molar-refractivity contribution in [3.63, 3.8) is 0 Å². The second-order valence-corrected chi connectivity index (χ2v) is 6.05. The summed E-state index contributed by atoms with van der Waals surface area (Å²) < 4.78 is 5.79. The molecule has 1 N–H and O–H groups in total. The largest absolute Gasteiger partial charge is 0.478 e. The molecule has 122 valence electrons. The number of hydrogen-bond acceptors (Lipinski definition) is 3. The topological polar surface area (TPSA) is 66.8 Å². The van der Waals surface area contributed by atoms with Gasteiger partial charge in [-0.15, -0.1) is 0 Å². The third-order valence-corrected chi connectivity index (χ3v) is 4.59. The molecule has 0 aromatic heterocycles. The highest BCUT2D eigenvalue weighted by atomic mass is 16.5. The molecule has 1 amide bonds. The van der Waals surface area contributed by atoms with Gasteiger partial charge in [-0.3, -0.25) is 4.79 Å². The lowest BCUT2D eigenvalue weighted by Crippen LogP contribution is -2.54. The normalized spacial score (nSPS) is 24.4. The molecule has 1 saturated carbocycles. The van der Waals surface area contributed by atoms with Gasteiger partial charge in [0.2, 0.25) is 5.91 Å². The number of rotatable bonds is 3. The number of carbonyl (C=O) groups excluding carboxylic acids is 1. The average Bonchev–Trinajstić information content (AvgIpc) is 2.59. The van der Waals surface area contributed by atoms with Crippen molar-refractivity contribution < 1.29 is 19.4 Å². The molecule has 5 heteroatoms. The number of hydrogen-bond donors (Lipinski definition) is 1. The van der Waals surface area contributed by atoms with Crippen molar-refractivity contribution in [1.82, 2.24) is 4.90 Å². The van der Waals surface area contributed by atoms with Gasteiger partial charge in [-0.25, -0.2) is 4.79 Å². The van der Waals surface area contributed by atoms with Crippen LogP contribution in [0.3, 0.4) is 0 Å². The third kappa shape index (κ3) is 3.62. The van der Waals surface area contributed by atoms with Crippen LogP contribution >= 0.6 is 0 Å². The third-order valence-electron chi connectivity index (χ3n) is 4.59. The molecule has 0 radical (unpaired) electrons. The van der Waals surface area contributed by atoms with Crippen LogP contribution in [-0.2, 0) is 9.53 Å². The minimum absolute atomic E-state index is 0.00695. The summed E-state index contributed by atoms with van der Waals surface area (Å²) in [5, 5.41) is 8.88. The predicted molar refractivity (Wildman–Crippen MR) is 86.1 cm³/mol. The Labute approximate surface area is 135 Å². The fraction of sp³-hybridized carbons (Fsp3) is 0.444. The smallest absolute Gasteiger partial charge is 0.335 e. The van der Waals surface area contributed by atoms with Crippen LogP contribution in [0.15, 0.2) is 30.3 Å². The van der Waals surface area contributed by atoms with E-state index in [1.165, 1.54) is 6.42 Å². The van der Waals surface area contributed by atoms with Gasteiger partial charge in [-0.05, 0) is 36.6 Å². The number of fused-ring (bicyclic) bond motifs is 1. The van der Waals surface area contributed by atoms with E-state index in [4.69, 9.17) is 9.84 Å². The summed E-state index contributed by atoms with van der Waals surface area (Å²) in [6.45, 7) is 1.25. The second-order valence-electron chi connectivity index (χ2n) is 6.05. The summed E-state index contributed by atoms with van der Waals surface area (Å²) in [7, 11) is 0. The standard InChI is InChI=1S/C18H21NO4/c20-17(10-7-13-5-8-14(9-6-13)18(21)22)19-11-12-23-16-4-2-1-3-15(16)19/h5-10,15-16H,1-4,11-12H2,(H,21,22)/b10-7+/t15-,16+/m0/s1. The molecule has 1 aliphatic heterocycles. The summed E-state index contributed by atoms with van der Waals surface area (Å²) in [6.07, 6.45) is 7.87. The Hall–Kier alpha value is -2.14. The van der Waals surface area contributed by atoms with E-state index >= 15 is 0 Å². The van der Waals surface area contributed by atoms with Crippen molar-refractivity contribution in [2.24, 2.45) is 0 Å². The van der Waals surface area contributed by atoms with E-state index in [9.17, 15) is 9.59 Å². The van der Waals surface area contributed by atoms with Gasteiger partial charge in [-0.1, -0.05) is 25.0 Å². The van der Waals surface area contributed by atoms with Crippen molar-refractivity contribution in [1.29, 1.82) is 0 Å². The molecule has 2 atom stereocenters. The monoisotopic (exact) mass is 315 g/mol. The molecule has 5 nitrogen and oxygen atoms in total. The van der Waals surface area contributed by atoms with Crippen LogP contribution in [0.25, 0.3) is 6.08 Å². The Kier molecular flexibility index (Phi) is 4.76. The summed E-state index contributed by atoms with van der Waals surface area (Å²) in [5.74, 6) is -0.944. The molecule has 0 spiro atoms. The van der Waals surface area contributed by atoms with Gasteiger partial charge in [0.1, 0.15) is 0 Å². The Morgan fingerprint density at radius 2 is 1.91 bits per heavy atom. The van der Waals surface area contributed by atoms with Crippen LogP contribution in [0.5, 0.6) is 0 Å². The number of benzene rings is 1. The Morgan fingerprint density at radius 3 is 2.65 bits per heavy atom. The summed E-state index contributed by atoms with van der Waals surface area (Å²) in [4.78, 5) is 25.2. The predicted octanol–water partition coefficient (Wildman–Crippen LogP) is 2.57. The van der Waals surface area contributed by atoms with Gasteiger partial charge < -0.3 is 14.7 Å². The van der Waals surface area contributed by atoms with E-state index in [2.05, 4.69) is 0 Å². The summed E-state index contributed by atoms with van der Waals surface area (Å²) in [6, 6.07) is 6.69. The Bertz CT molecular complexity index is 606.